The van der Waals surface area contributed by atoms with Crippen LogP contribution in [-0.2, 0) is 14.3 Å². The maximum absolute atomic E-state index is 12.7. The van der Waals surface area contributed by atoms with Crippen LogP contribution in [0.2, 0.25) is 0 Å². The third-order valence-corrected chi connectivity index (χ3v) is 4.88. The number of rotatable bonds is 2. The molecule has 106 valence electrons. The Kier molecular flexibility index (Phi) is 3.67. The van der Waals surface area contributed by atoms with E-state index in [-0.39, 0.29) is 18.4 Å². The number of ether oxygens (including phenoxy) is 1. The molecule has 1 amide bonds. The highest BCUT2D eigenvalue weighted by Crippen LogP contribution is 2.40. The van der Waals surface area contributed by atoms with E-state index in [9.17, 15) is 14.7 Å². The summed E-state index contributed by atoms with van der Waals surface area (Å²) < 4.78 is 5.18. The Morgan fingerprint density at radius 2 is 2.15 bits per heavy atom. The van der Waals surface area contributed by atoms with Crippen LogP contribution < -0.4 is 0 Å². The zero-order valence-electron chi connectivity index (χ0n) is 10.8. The fourth-order valence-corrected chi connectivity index (χ4v) is 3.86. The Bertz CT molecular complexity index is 548. The van der Waals surface area contributed by atoms with Gasteiger partial charge in [-0.3, -0.25) is 4.79 Å². The summed E-state index contributed by atoms with van der Waals surface area (Å²) in [5.74, 6) is -0.659. The van der Waals surface area contributed by atoms with Crippen molar-refractivity contribution in [1.29, 1.82) is 0 Å². The molecule has 2 aliphatic rings. The second kappa shape index (κ2) is 5.46. The monoisotopic (exact) mass is 293 g/mol. The van der Waals surface area contributed by atoms with Gasteiger partial charge in [0, 0.05) is 17.2 Å². The zero-order chi connectivity index (χ0) is 14.1. The number of carboxylic acids is 1. The molecular weight excluding hydrogens is 278 g/mol. The number of amides is 1. The van der Waals surface area contributed by atoms with Crippen LogP contribution in [0.1, 0.15) is 11.5 Å². The van der Waals surface area contributed by atoms with Gasteiger partial charge in [-0.25, -0.2) is 4.79 Å². The summed E-state index contributed by atoms with van der Waals surface area (Å²) >= 11 is 1.65. The van der Waals surface area contributed by atoms with Crippen LogP contribution in [0.3, 0.4) is 0 Å². The lowest BCUT2D eigenvalue weighted by Crippen LogP contribution is -2.53. The fraction of sp³-hybridized carbons (Fsp3) is 0.429. The Hall–Kier alpha value is -1.53. The van der Waals surface area contributed by atoms with E-state index in [4.69, 9.17) is 4.74 Å². The summed E-state index contributed by atoms with van der Waals surface area (Å²) in [7, 11) is 0. The number of aliphatic carboxylic acids is 1. The summed E-state index contributed by atoms with van der Waals surface area (Å²) in [4.78, 5) is 26.5. The number of hydrogen-bond donors (Lipinski definition) is 1. The molecule has 0 spiro atoms. The smallest absolute Gasteiger partial charge is 0.328 e. The van der Waals surface area contributed by atoms with Gasteiger partial charge in [0.05, 0.1) is 19.1 Å². The van der Waals surface area contributed by atoms with E-state index in [2.05, 4.69) is 0 Å². The average molecular weight is 293 g/mol. The number of thioether (sulfide) groups is 1. The molecule has 20 heavy (non-hydrogen) atoms. The first-order valence-electron chi connectivity index (χ1n) is 6.51. The number of hydrogen-bond acceptors (Lipinski definition) is 4. The van der Waals surface area contributed by atoms with E-state index in [0.717, 1.165) is 10.5 Å². The van der Waals surface area contributed by atoms with Crippen molar-refractivity contribution in [2.75, 3.05) is 25.5 Å². The SMILES string of the molecule is O=C(O)[C@@H]1COCCN1C(=O)[C@@H]1CSc2ccccc21. The molecule has 5 nitrogen and oxygen atoms in total. The Balaban J connectivity index is 1.84. The maximum Gasteiger partial charge on any atom is 0.328 e. The first kappa shape index (κ1) is 13.5. The van der Waals surface area contributed by atoms with E-state index in [1.54, 1.807) is 11.8 Å². The molecule has 6 heteroatoms. The van der Waals surface area contributed by atoms with Crippen LogP contribution in [0.5, 0.6) is 0 Å². The van der Waals surface area contributed by atoms with Crippen molar-refractivity contribution in [1.82, 2.24) is 4.90 Å². The second-order valence-corrected chi connectivity index (χ2v) is 5.92. The van der Waals surface area contributed by atoms with Crippen LogP contribution in [0.25, 0.3) is 0 Å². The highest BCUT2D eigenvalue weighted by atomic mass is 32.2. The van der Waals surface area contributed by atoms with Crippen molar-refractivity contribution < 1.29 is 19.4 Å². The highest BCUT2D eigenvalue weighted by Gasteiger charge is 2.38. The van der Waals surface area contributed by atoms with Gasteiger partial charge in [-0.15, -0.1) is 11.8 Å². The van der Waals surface area contributed by atoms with Crippen molar-refractivity contribution >= 4 is 23.6 Å². The number of carbonyl (C=O) groups excluding carboxylic acids is 1. The van der Waals surface area contributed by atoms with E-state index in [1.165, 1.54) is 4.90 Å². The lowest BCUT2D eigenvalue weighted by Gasteiger charge is -2.34. The summed E-state index contributed by atoms with van der Waals surface area (Å²) in [6, 6.07) is 6.95. The minimum Gasteiger partial charge on any atom is -0.480 e. The standard InChI is InChI=1S/C14H15NO4S/c16-13(15-5-6-19-7-11(15)14(17)18)10-8-20-12-4-2-1-3-9(10)12/h1-4,10-11H,5-8H2,(H,17,18)/t10-,11+/m1/s1. The number of fused-ring (bicyclic) bond motifs is 1. The summed E-state index contributed by atoms with van der Waals surface area (Å²) in [5.41, 5.74) is 1.01. The van der Waals surface area contributed by atoms with Gasteiger partial charge in [0.2, 0.25) is 5.91 Å². The quantitative estimate of drug-likeness (QED) is 0.887. The maximum atomic E-state index is 12.7. The van der Waals surface area contributed by atoms with Crippen molar-refractivity contribution in [3.63, 3.8) is 0 Å². The normalized spacial score (nSPS) is 25.3. The molecule has 1 saturated heterocycles. The molecule has 0 radical (unpaired) electrons. The minimum absolute atomic E-state index is 0.0720. The van der Waals surface area contributed by atoms with Gasteiger partial charge < -0.3 is 14.7 Å². The average Bonchev–Trinajstić information content (AvgIpc) is 2.90. The third kappa shape index (κ3) is 2.29. The predicted octanol–water partition coefficient (Wildman–Crippen LogP) is 1.19. The summed E-state index contributed by atoms with van der Waals surface area (Å²) in [6.07, 6.45) is 0. The summed E-state index contributed by atoms with van der Waals surface area (Å²) in [5, 5.41) is 9.22. The molecule has 0 aromatic heterocycles. The predicted molar refractivity (Wildman–Crippen MR) is 73.9 cm³/mol. The van der Waals surface area contributed by atoms with E-state index in [0.29, 0.717) is 18.9 Å². The second-order valence-electron chi connectivity index (χ2n) is 4.86. The van der Waals surface area contributed by atoms with E-state index < -0.39 is 12.0 Å². The number of morpholine rings is 1. The molecule has 0 bridgehead atoms. The molecule has 3 rings (SSSR count). The molecule has 2 aliphatic heterocycles. The first-order chi connectivity index (χ1) is 9.68. The van der Waals surface area contributed by atoms with Gasteiger partial charge in [-0.2, -0.15) is 0 Å². The van der Waals surface area contributed by atoms with Gasteiger partial charge in [0.25, 0.3) is 0 Å². The molecule has 1 aromatic rings. The van der Waals surface area contributed by atoms with Gasteiger partial charge in [0.1, 0.15) is 0 Å². The lowest BCUT2D eigenvalue weighted by molar-refractivity contribution is -0.158. The minimum atomic E-state index is -1.00. The van der Waals surface area contributed by atoms with Crippen LogP contribution >= 0.6 is 11.8 Å². The highest BCUT2D eigenvalue weighted by molar-refractivity contribution is 7.99. The lowest BCUT2D eigenvalue weighted by atomic mass is 9.99. The number of carbonyl (C=O) groups is 2. The Morgan fingerprint density at radius 1 is 1.35 bits per heavy atom. The van der Waals surface area contributed by atoms with E-state index in [1.807, 2.05) is 24.3 Å². The molecule has 0 aliphatic carbocycles. The first-order valence-corrected chi connectivity index (χ1v) is 7.50. The Labute approximate surface area is 120 Å². The number of carboxylic acid groups (broad SMARTS) is 1. The molecule has 2 atom stereocenters. The van der Waals surface area contributed by atoms with Crippen LogP contribution in [-0.4, -0.2) is 53.4 Å². The Morgan fingerprint density at radius 3 is 2.95 bits per heavy atom. The summed E-state index contributed by atoms with van der Waals surface area (Å²) in [6.45, 7) is 0.818. The molecule has 1 fully saturated rings. The largest absolute Gasteiger partial charge is 0.480 e. The van der Waals surface area contributed by atoms with Crippen molar-refractivity contribution in [3.05, 3.63) is 29.8 Å². The molecule has 1 aromatic carbocycles. The number of benzene rings is 1. The van der Waals surface area contributed by atoms with Gasteiger partial charge in [0.15, 0.2) is 6.04 Å². The zero-order valence-corrected chi connectivity index (χ0v) is 11.6. The van der Waals surface area contributed by atoms with Crippen molar-refractivity contribution in [2.45, 2.75) is 16.9 Å². The van der Waals surface area contributed by atoms with Crippen LogP contribution in [0, 0.1) is 0 Å². The van der Waals surface area contributed by atoms with Gasteiger partial charge >= 0.3 is 5.97 Å². The van der Waals surface area contributed by atoms with Crippen molar-refractivity contribution in [2.24, 2.45) is 0 Å². The molecule has 0 saturated carbocycles. The third-order valence-electron chi connectivity index (χ3n) is 3.69. The van der Waals surface area contributed by atoms with Crippen LogP contribution in [0.15, 0.2) is 29.2 Å². The molecule has 0 unspecified atom stereocenters. The molecule has 1 N–H and O–H groups in total. The number of nitrogens with zero attached hydrogens (tertiary/aromatic N) is 1. The topological polar surface area (TPSA) is 66.8 Å². The van der Waals surface area contributed by atoms with Gasteiger partial charge in [-0.05, 0) is 11.6 Å². The molecule has 2 heterocycles. The van der Waals surface area contributed by atoms with Crippen molar-refractivity contribution in [3.8, 4) is 0 Å². The fourth-order valence-electron chi connectivity index (χ4n) is 2.64. The van der Waals surface area contributed by atoms with E-state index >= 15 is 0 Å². The van der Waals surface area contributed by atoms with Crippen LogP contribution in [0.4, 0.5) is 0 Å². The molecular formula is C14H15NO4S. The van der Waals surface area contributed by atoms with Gasteiger partial charge in [-0.1, -0.05) is 18.2 Å².